The molecule has 1 amide bonds. The lowest BCUT2D eigenvalue weighted by atomic mass is 9.92. The number of ether oxygens (including phenoxy) is 1. The lowest BCUT2D eigenvalue weighted by molar-refractivity contribution is -0.124. The third-order valence-corrected chi connectivity index (χ3v) is 5.67. The topological polar surface area (TPSA) is 105 Å². The van der Waals surface area contributed by atoms with Gasteiger partial charge in [-0.25, -0.2) is 0 Å². The number of rotatable bonds is 7. The van der Waals surface area contributed by atoms with Crippen molar-refractivity contribution in [3.8, 4) is 11.8 Å². The molecule has 0 aliphatic carbocycles. The molecular formula is C27H33N3O4. The lowest BCUT2D eigenvalue weighted by Crippen LogP contribution is -2.59. The van der Waals surface area contributed by atoms with Gasteiger partial charge in [0.15, 0.2) is 5.78 Å². The molecule has 0 radical (unpaired) electrons. The Kier molecular flexibility index (Phi) is 8.97. The van der Waals surface area contributed by atoms with Crippen molar-refractivity contribution in [3.05, 3.63) is 70.8 Å². The minimum absolute atomic E-state index is 0.383. The summed E-state index contributed by atoms with van der Waals surface area (Å²) in [7, 11) is 0. The van der Waals surface area contributed by atoms with Crippen LogP contribution in [0.3, 0.4) is 0 Å². The van der Waals surface area contributed by atoms with Crippen molar-refractivity contribution < 1.29 is 19.4 Å². The number of nitrogens with two attached hydrogens (primary N) is 1. The molecule has 2 aromatic rings. The summed E-state index contributed by atoms with van der Waals surface area (Å²) in [5.74, 6) is 5.30. The number of hydrogen-bond donors (Lipinski definition) is 3. The Morgan fingerprint density at radius 1 is 1.06 bits per heavy atom. The molecule has 34 heavy (non-hydrogen) atoms. The van der Waals surface area contributed by atoms with Gasteiger partial charge < -0.3 is 20.9 Å². The maximum absolute atomic E-state index is 12.6. The number of hydrogen-bond acceptors (Lipinski definition) is 6. The zero-order chi connectivity index (χ0) is 24.6. The summed E-state index contributed by atoms with van der Waals surface area (Å²) < 4.78 is 5.51. The predicted octanol–water partition coefficient (Wildman–Crippen LogP) is 1.71. The van der Waals surface area contributed by atoms with Gasteiger partial charge in [0.25, 0.3) is 5.91 Å². The number of benzene rings is 2. The quantitative estimate of drug-likeness (QED) is 0.540. The highest BCUT2D eigenvalue weighted by Crippen LogP contribution is 2.11. The molecule has 1 heterocycles. The SMILES string of the molecule is CC(C)(N)[C@H](NC(=O)c1ccc(C#Cc2ccc(CN3CCCOCC3)cc2)cc1)C(=O)CO. The fourth-order valence-corrected chi connectivity index (χ4v) is 3.74. The number of Topliss-reactive ketones (excluding diaryl/α,β-unsaturated/α-hetero) is 1. The summed E-state index contributed by atoms with van der Waals surface area (Å²) in [6.07, 6.45) is 1.07. The van der Waals surface area contributed by atoms with E-state index in [4.69, 9.17) is 15.6 Å². The molecule has 1 aliphatic heterocycles. The standard InChI is InChI=1S/C27H33N3O4/c1-27(2,28)25(24(32)19-31)29-26(33)23-12-10-21(11-13-23)5-4-20-6-8-22(9-7-20)18-30-14-3-16-34-17-15-30/h6-13,25,31H,3,14-19,28H2,1-2H3,(H,29,33)/t25-/m1/s1. The molecule has 0 bridgehead atoms. The van der Waals surface area contributed by atoms with Crippen LogP contribution in [0, 0.1) is 11.8 Å². The van der Waals surface area contributed by atoms with E-state index < -0.39 is 29.9 Å². The average Bonchev–Trinajstić information content (AvgIpc) is 3.09. The largest absolute Gasteiger partial charge is 0.388 e. The second kappa shape index (κ2) is 11.9. The molecule has 0 unspecified atom stereocenters. The highest BCUT2D eigenvalue weighted by Gasteiger charge is 2.32. The van der Waals surface area contributed by atoms with Crippen molar-refractivity contribution in [2.45, 2.75) is 38.4 Å². The number of nitrogens with one attached hydrogen (secondary N) is 1. The first-order chi connectivity index (χ1) is 16.3. The smallest absolute Gasteiger partial charge is 0.251 e. The Bertz CT molecular complexity index is 1020. The molecule has 1 aliphatic rings. The molecule has 3 rings (SSSR count). The first-order valence-electron chi connectivity index (χ1n) is 11.5. The number of carbonyl (C=O) groups excluding carboxylic acids is 2. The third kappa shape index (κ3) is 7.51. The maximum Gasteiger partial charge on any atom is 0.251 e. The van der Waals surface area contributed by atoms with Crippen LogP contribution in [0.25, 0.3) is 0 Å². The van der Waals surface area contributed by atoms with Crippen molar-refractivity contribution in [1.82, 2.24) is 10.2 Å². The number of ketones is 1. The van der Waals surface area contributed by atoms with Gasteiger partial charge in [-0.3, -0.25) is 14.5 Å². The zero-order valence-corrected chi connectivity index (χ0v) is 19.8. The highest BCUT2D eigenvalue weighted by atomic mass is 16.5. The van der Waals surface area contributed by atoms with E-state index in [2.05, 4.69) is 34.2 Å². The predicted molar refractivity (Wildman–Crippen MR) is 131 cm³/mol. The van der Waals surface area contributed by atoms with E-state index in [1.807, 2.05) is 12.1 Å². The third-order valence-electron chi connectivity index (χ3n) is 5.67. The van der Waals surface area contributed by atoms with E-state index in [1.54, 1.807) is 38.1 Å². The Hall–Kier alpha value is -3.02. The fraction of sp³-hybridized carbons (Fsp3) is 0.407. The molecular weight excluding hydrogens is 430 g/mol. The van der Waals surface area contributed by atoms with E-state index in [0.29, 0.717) is 5.56 Å². The van der Waals surface area contributed by atoms with Gasteiger partial charge in [-0.1, -0.05) is 24.0 Å². The number of aliphatic hydroxyl groups is 1. The van der Waals surface area contributed by atoms with Crippen LogP contribution in [-0.2, 0) is 16.1 Å². The van der Waals surface area contributed by atoms with E-state index in [1.165, 1.54) is 5.56 Å². The summed E-state index contributed by atoms with van der Waals surface area (Å²) in [6.45, 7) is 7.11. The molecule has 2 aromatic carbocycles. The molecule has 7 nitrogen and oxygen atoms in total. The summed E-state index contributed by atoms with van der Waals surface area (Å²) in [5.41, 5.74) is 8.31. The van der Waals surface area contributed by atoms with Crippen molar-refractivity contribution >= 4 is 11.7 Å². The molecule has 7 heteroatoms. The van der Waals surface area contributed by atoms with Gasteiger partial charge in [0, 0.05) is 48.5 Å². The van der Waals surface area contributed by atoms with E-state index in [0.717, 1.165) is 50.4 Å². The molecule has 0 aromatic heterocycles. The number of nitrogens with zero attached hydrogens (tertiary/aromatic N) is 1. The van der Waals surface area contributed by atoms with Gasteiger partial charge in [-0.05, 0) is 62.2 Å². The van der Waals surface area contributed by atoms with Gasteiger partial charge in [-0.15, -0.1) is 0 Å². The molecule has 180 valence electrons. The monoisotopic (exact) mass is 463 g/mol. The van der Waals surface area contributed by atoms with Crippen LogP contribution in [0.5, 0.6) is 0 Å². The van der Waals surface area contributed by atoms with Crippen LogP contribution < -0.4 is 11.1 Å². The first kappa shape index (κ1) is 25.6. The molecule has 0 saturated carbocycles. The van der Waals surface area contributed by atoms with Gasteiger partial charge in [-0.2, -0.15) is 0 Å². The Morgan fingerprint density at radius 3 is 2.26 bits per heavy atom. The zero-order valence-electron chi connectivity index (χ0n) is 19.8. The van der Waals surface area contributed by atoms with Gasteiger partial charge in [0.1, 0.15) is 12.6 Å². The van der Waals surface area contributed by atoms with Crippen molar-refractivity contribution in [2.24, 2.45) is 5.73 Å². The van der Waals surface area contributed by atoms with Crippen LogP contribution in [0.15, 0.2) is 48.5 Å². The second-order valence-electron chi connectivity index (χ2n) is 9.12. The summed E-state index contributed by atoms with van der Waals surface area (Å²) >= 11 is 0. The summed E-state index contributed by atoms with van der Waals surface area (Å²) in [6, 6.07) is 14.1. The summed E-state index contributed by atoms with van der Waals surface area (Å²) in [4.78, 5) is 26.9. The Labute approximate surface area is 201 Å². The highest BCUT2D eigenvalue weighted by molar-refractivity contribution is 5.98. The Morgan fingerprint density at radius 2 is 1.68 bits per heavy atom. The Balaban J connectivity index is 1.60. The molecule has 1 fully saturated rings. The molecule has 1 saturated heterocycles. The first-order valence-corrected chi connectivity index (χ1v) is 11.5. The molecule has 4 N–H and O–H groups in total. The van der Waals surface area contributed by atoms with Gasteiger partial charge in [0.05, 0.1) is 6.61 Å². The fourth-order valence-electron chi connectivity index (χ4n) is 3.74. The van der Waals surface area contributed by atoms with Gasteiger partial charge in [0.2, 0.25) is 0 Å². The van der Waals surface area contributed by atoms with Crippen LogP contribution in [0.2, 0.25) is 0 Å². The van der Waals surface area contributed by atoms with E-state index in [-0.39, 0.29) is 0 Å². The van der Waals surface area contributed by atoms with Crippen molar-refractivity contribution in [1.29, 1.82) is 0 Å². The van der Waals surface area contributed by atoms with Crippen LogP contribution in [0.1, 0.15) is 47.3 Å². The van der Waals surface area contributed by atoms with Crippen LogP contribution >= 0.6 is 0 Å². The lowest BCUT2D eigenvalue weighted by Gasteiger charge is -2.29. The van der Waals surface area contributed by atoms with E-state index in [9.17, 15) is 9.59 Å². The summed E-state index contributed by atoms with van der Waals surface area (Å²) in [5, 5.41) is 11.8. The molecule has 1 atom stereocenters. The normalized spacial score (nSPS) is 15.5. The van der Waals surface area contributed by atoms with Crippen LogP contribution in [0.4, 0.5) is 0 Å². The minimum atomic E-state index is -1.00. The second-order valence-corrected chi connectivity index (χ2v) is 9.12. The average molecular weight is 464 g/mol. The van der Waals surface area contributed by atoms with Crippen LogP contribution in [-0.4, -0.2) is 66.2 Å². The minimum Gasteiger partial charge on any atom is -0.388 e. The number of aliphatic hydroxyl groups excluding tert-OH is 1. The van der Waals surface area contributed by atoms with Crippen molar-refractivity contribution in [2.75, 3.05) is 32.9 Å². The van der Waals surface area contributed by atoms with Gasteiger partial charge >= 0.3 is 0 Å². The van der Waals surface area contributed by atoms with Crippen molar-refractivity contribution in [3.63, 3.8) is 0 Å². The molecule has 0 spiro atoms. The number of amides is 1. The maximum atomic E-state index is 12.6. The van der Waals surface area contributed by atoms with E-state index >= 15 is 0 Å². The number of carbonyl (C=O) groups is 2.